The molecule has 0 fully saturated rings. The fourth-order valence-corrected chi connectivity index (χ4v) is 1.11. The molecule has 1 N–H and O–H groups in total. The van der Waals surface area contributed by atoms with Gasteiger partial charge >= 0.3 is 0 Å². The SMILES string of the molecule is C=C(C)CCOCC(C)(C)CNCC. The van der Waals surface area contributed by atoms with Crippen molar-refractivity contribution in [2.45, 2.75) is 34.1 Å². The van der Waals surface area contributed by atoms with Crippen molar-refractivity contribution in [1.29, 1.82) is 0 Å². The minimum absolute atomic E-state index is 0.227. The lowest BCUT2D eigenvalue weighted by molar-refractivity contribution is 0.0643. The van der Waals surface area contributed by atoms with Crippen LogP contribution in [-0.4, -0.2) is 26.3 Å². The number of hydrogen-bond donors (Lipinski definition) is 1. The predicted octanol–water partition coefficient (Wildman–Crippen LogP) is 2.60. The lowest BCUT2D eigenvalue weighted by Gasteiger charge is -2.24. The quantitative estimate of drug-likeness (QED) is 0.479. The summed E-state index contributed by atoms with van der Waals surface area (Å²) in [5, 5.41) is 3.34. The highest BCUT2D eigenvalue weighted by Crippen LogP contribution is 2.14. The van der Waals surface area contributed by atoms with Gasteiger partial charge in [-0.2, -0.15) is 0 Å². The molecule has 0 saturated carbocycles. The van der Waals surface area contributed by atoms with Crippen molar-refractivity contribution >= 4 is 0 Å². The lowest BCUT2D eigenvalue weighted by Crippen LogP contribution is -2.33. The Morgan fingerprint density at radius 2 is 2.07 bits per heavy atom. The third-order valence-electron chi connectivity index (χ3n) is 2.02. The largest absolute Gasteiger partial charge is 0.381 e. The lowest BCUT2D eigenvalue weighted by atomic mass is 9.95. The molecule has 0 amide bonds. The maximum Gasteiger partial charge on any atom is 0.0529 e. The maximum atomic E-state index is 5.61. The first-order valence-corrected chi connectivity index (χ1v) is 5.41. The summed E-state index contributed by atoms with van der Waals surface area (Å²) in [4.78, 5) is 0. The summed E-state index contributed by atoms with van der Waals surface area (Å²) in [5.74, 6) is 0. The summed E-state index contributed by atoms with van der Waals surface area (Å²) in [6, 6.07) is 0. The first kappa shape index (κ1) is 13.7. The molecule has 0 spiro atoms. The van der Waals surface area contributed by atoms with Gasteiger partial charge in [-0.3, -0.25) is 0 Å². The van der Waals surface area contributed by atoms with Crippen LogP contribution < -0.4 is 5.32 Å². The highest BCUT2D eigenvalue weighted by Gasteiger charge is 2.16. The van der Waals surface area contributed by atoms with Crippen LogP contribution in [0.15, 0.2) is 12.2 Å². The number of rotatable bonds is 8. The van der Waals surface area contributed by atoms with Crippen molar-refractivity contribution in [3.63, 3.8) is 0 Å². The second kappa shape index (κ2) is 7.02. The molecule has 0 bridgehead atoms. The molecular weight excluding hydrogens is 174 g/mol. The van der Waals surface area contributed by atoms with Crippen molar-refractivity contribution in [3.05, 3.63) is 12.2 Å². The zero-order chi connectivity index (χ0) is 11.0. The second-order valence-electron chi connectivity index (χ2n) is 4.70. The zero-order valence-corrected chi connectivity index (χ0v) is 10.2. The highest BCUT2D eigenvalue weighted by atomic mass is 16.5. The van der Waals surface area contributed by atoms with Gasteiger partial charge in [0.25, 0.3) is 0 Å². The van der Waals surface area contributed by atoms with E-state index in [9.17, 15) is 0 Å². The second-order valence-corrected chi connectivity index (χ2v) is 4.70. The van der Waals surface area contributed by atoms with Crippen LogP contribution in [0.25, 0.3) is 0 Å². The van der Waals surface area contributed by atoms with Gasteiger partial charge in [0, 0.05) is 12.0 Å². The molecule has 0 aliphatic carbocycles. The topological polar surface area (TPSA) is 21.3 Å². The number of hydrogen-bond acceptors (Lipinski definition) is 2. The van der Waals surface area contributed by atoms with Crippen LogP contribution in [0.3, 0.4) is 0 Å². The van der Waals surface area contributed by atoms with Crippen molar-refractivity contribution in [2.75, 3.05) is 26.3 Å². The monoisotopic (exact) mass is 199 g/mol. The van der Waals surface area contributed by atoms with Crippen LogP contribution in [0.1, 0.15) is 34.1 Å². The molecule has 0 rings (SSSR count). The van der Waals surface area contributed by atoms with E-state index in [1.807, 2.05) is 6.92 Å². The average Bonchev–Trinajstić information content (AvgIpc) is 2.09. The Labute approximate surface area is 88.7 Å². The Balaban J connectivity index is 3.49. The summed E-state index contributed by atoms with van der Waals surface area (Å²) >= 11 is 0. The van der Waals surface area contributed by atoms with Crippen LogP contribution in [0, 0.1) is 5.41 Å². The Hall–Kier alpha value is -0.340. The van der Waals surface area contributed by atoms with E-state index in [1.165, 1.54) is 5.57 Å². The summed E-state index contributed by atoms with van der Waals surface area (Å²) in [6.07, 6.45) is 0.970. The van der Waals surface area contributed by atoms with Crippen molar-refractivity contribution in [2.24, 2.45) is 5.41 Å². The van der Waals surface area contributed by atoms with Crippen LogP contribution in [0.2, 0.25) is 0 Å². The van der Waals surface area contributed by atoms with E-state index in [1.54, 1.807) is 0 Å². The minimum atomic E-state index is 0.227. The van der Waals surface area contributed by atoms with Gasteiger partial charge in [-0.15, -0.1) is 6.58 Å². The third-order valence-corrected chi connectivity index (χ3v) is 2.02. The van der Waals surface area contributed by atoms with Crippen molar-refractivity contribution in [3.8, 4) is 0 Å². The Bertz CT molecular complexity index is 164. The summed E-state index contributed by atoms with van der Waals surface area (Å²) in [7, 11) is 0. The molecule has 2 nitrogen and oxygen atoms in total. The smallest absolute Gasteiger partial charge is 0.0529 e. The van der Waals surface area contributed by atoms with E-state index in [0.717, 1.165) is 32.7 Å². The average molecular weight is 199 g/mol. The molecular formula is C12H25NO. The van der Waals surface area contributed by atoms with Gasteiger partial charge < -0.3 is 10.1 Å². The molecule has 0 radical (unpaired) electrons. The first-order valence-electron chi connectivity index (χ1n) is 5.41. The van der Waals surface area contributed by atoms with Gasteiger partial charge in [0.2, 0.25) is 0 Å². The van der Waals surface area contributed by atoms with E-state index in [2.05, 4.69) is 32.7 Å². The molecule has 2 heteroatoms. The molecule has 0 aromatic heterocycles. The van der Waals surface area contributed by atoms with E-state index < -0.39 is 0 Å². The fourth-order valence-electron chi connectivity index (χ4n) is 1.11. The molecule has 84 valence electrons. The first-order chi connectivity index (χ1) is 6.48. The van der Waals surface area contributed by atoms with E-state index in [-0.39, 0.29) is 5.41 Å². The minimum Gasteiger partial charge on any atom is -0.381 e. The Morgan fingerprint density at radius 1 is 1.43 bits per heavy atom. The predicted molar refractivity (Wildman–Crippen MR) is 62.6 cm³/mol. The van der Waals surface area contributed by atoms with E-state index in [4.69, 9.17) is 4.74 Å². The molecule has 14 heavy (non-hydrogen) atoms. The summed E-state index contributed by atoms with van der Waals surface area (Å²) < 4.78 is 5.61. The fraction of sp³-hybridized carbons (Fsp3) is 0.833. The van der Waals surface area contributed by atoms with Crippen LogP contribution >= 0.6 is 0 Å². The molecule has 0 heterocycles. The van der Waals surface area contributed by atoms with Crippen molar-refractivity contribution in [1.82, 2.24) is 5.32 Å². The highest BCUT2D eigenvalue weighted by molar-refractivity contribution is 4.87. The van der Waals surface area contributed by atoms with Crippen LogP contribution in [-0.2, 0) is 4.74 Å². The normalized spacial score (nSPS) is 11.7. The van der Waals surface area contributed by atoms with Gasteiger partial charge in [-0.1, -0.05) is 26.3 Å². The summed E-state index contributed by atoms with van der Waals surface area (Å²) in [5.41, 5.74) is 1.42. The molecule has 0 aliphatic heterocycles. The van der Waals surface area contributed by atoms with E-state index in [0.29, 0.717) is 0 Å². The van der Waals surface area contributed by atoms with Gasteiger partial charge in [0.1, 0.15) is 0 Å². The number of nitrogens with one attached hydrogen (secondary N) is 1. The standard InChI is InChI=1S/C12H25NO/c1-6-13-9-12(4,5)10-14-8-7-11(2)3/h13H,2,6-10H2,1,3-5H3. The van der Waals surface area contributed by atoms with Gasteiger partial charge in [-0.25, -0.2) is 0 Å². The van der Waals surface area contributed by atoms with Crippen LogP contribution in [0.5, 0.6) is 0 Å². The van der Waals surface area contributed by atoms with Gasteiger partial charge in [-0.05, 0) is 19.9 Å². The molecule has 0 unspecified atom stereocenters. The summed E-state index contributed by atoms with van der Waals surface area (Å²) in [6.45, 7) is 16.1. The molecule has 0 aromatic rings. The van der Waals surface area contributed by atoms with Gasteiger partial charge in [0.05, 0.1) is 13.2 Å². The number of ether oxygens (including phenoxy) is 1. The van der Waals surface area contributed by atoms with E-state index >= 15 is 0 Å². The van der Waals surface area contributed by atoms with Gasteiger partial charge in [0.15, 0.2) is 0 Å². The maximum absolute atomic E-state index is 5.61. The molecule has 0 saturated heterocycles. The molecule has 0 aliphatic rings. The molecule has 0 aromatic carbocycles. The molecule has 0 atom stereocenters. The Kier molecular flexibility index (Phi) is 6.85. The van der Waals surface area contributed by atoms with Crippen LogP contribution in [0.4, 0.5) is 0 Å². The van der Waals surface area contributed by atoms with Crippen molar-refractivity contribution < 1.29 is 4.74 Å². The Morgan fingerprint density at radius 3 is 2.57 bits per heavy atom. The zero-order valence-electron chi connectivity index (χ0n) is 10.2. The third kappa shape index (κ3) is 8.27.